The Bertz CT molecular complexity index is 1280. The highest BCUT2D eigenvalue weighted by molar-refractivity contribution is 7.99. The van der Waals surface area contributed by atoms with Crippen LogP contribution in [-0.2, 0) is 6.42 Å². The zero-order chi connectivity index (χ0) is 22.5. The Hall–Kier alpha value is -3.59. The maximum Gasteiger partial charge on any atom is 0.257 e. The van der Waals surface area contributed by atoms with Gasteiger partial charge >= 0.3 is 0 Å². The lowest BCUT2D eigenvalue weighted by atomic mass is 10.2. The molecule has 8 nitrogen and oxygen atoms in total. The van der Waals surface area contributed by atoms with E-state index in [9.17, 15) is 9.59 Å². The van der Waals surface area contributed by atoms with E-state index in [1.165, 1.54) is 10.7 Å². The van der Waals surface area contributed by atoms with E-state index >= 15 is 0 Å². The van der Waals surface area contributed by atoms with Crippen LogP contribution in [-0.4, -0.2) is 31.4 Å². The fourth-order valence-corrected chi connectivity index (χ4v) is 4.08. The summed E-state index contributed by atoms with van der Waals surface area (Å²) in [5.41, 5.74) is 1.44. The Labute approximate surface area is 189 Å². The largest absolute Gasteiger partial charge is 0.463 e. The molecule has 0 aliphatic carbocycles. The molecular formula is C23H23N5O3S. The summed E-state index contributed by atoms with van der Waals surface area (Å²) in [6, 6.07) is 14.1. The van der Waals surface area contributed by atoms with Gasteiger partial charge in [0.15, 0.2) is 5.76 Å². The Balaban J connectivity index is 1.77. The van der Waals surface area contributed by atoms with Crippen molar-refractivity contribution < 1.29 is 9.21 Å². The molecule has 32 heavy (non-hydrogen) atoms. The van der Waals surface area contributed by atoms with Crippen molar-refractivity contribution in [2.45, 2.75) is 31.6 Å². The Morgan fingerprint density at radius 1 is 1.19 bits per heavy atom. The van der Waals surface area contributed by atoms with Crippen LogP contribution in [0, 0.1) is 0 Å². The smallest absolute Gasteiger partial charge is 0.257 e. The first-order valence-electron chi connectivity index (χ1n) is 10.4. The molecule has 3 aromatic heterocycles. The van der Waals surface area contributed by atoms with Crippen molar-refractivity contribution in [1.29, 1.82) is 0 Å². The number of hydrogen-bond donors (Lipinski definition) is 2. The van der Waals surface area contributed by atoms with Gasteiger partial charge in [0.2, 0.25) is 5.95 Å². The second-order valence-corrected chi connectivity index (χ2v) is 8.30. The summed E-state index contributed by atoms with van der Waals surface area (Å²) in [4.78, 5) is 33.5. The van der Waals surface area contributed by atoms with Crippen LogP contribution in [0.2, 0.25) is 0 Å². The number of aromatic nitrogens is 4. The number of nitrogens with one attached hydrogen (secondary N) is 2. The van der Waals surface area contributed by atoms with Crippen LogP contribution in [0.25, 0.3) is 17.4 Å². The van der Waals surface area contributed by atoms with Crippen LogP contribution in [0.1, 0.15) is 36.3 Å². The predicted octanol–water partition coefficient (Wildman–Crippen LogP) is 4.53. The summed E-state index contributed by atoms with van der Waals surface area (Å²) in [7, 11) is 0. The summed E-state index contributed by atoms with van der Waals surface area (Å²) in [5, 5.41) is 7.46. The fraction of sp³-hybridized carbons (Fsp3) is 0.217. The molecule has 1 amide bonds. The quantitative estimate of drug-likeness (QED) is 0.383. The summed E-state index contributed by atoms with van der Waals surface area (Å²) in [6.07, 6.45) is 3.06. The van der Waals surface area contributed by atoms with Gasteiger partial charge in [-0.15, -0.1) is 11.8 Å². The second-order valence-electron chi connectivity index (χ2n) is 7.00. The van der Waals surface area contributed by atoms with Crippen molar-refractivity contribution in [3.8, 4) is 17.4 Å². The van der Waals surface area contributed by atoms with E-state index in [1.807, 2.05) is 32.0 Å². The van der Waals surface area contributed by atoms with Gasteiger partial charge < -0.3 is 9.73 Å². The van der Waals surface area contributed by atoms with Crippen LogP contribution in [0.15, 0.2) is 68.9 Å². The molecule has 1 aromatic carbocycles. The monoisotopic (exact) mass is 449 g/mol. The summed E-state index contributed by atoms with van der Waals surface area (Å²) in [6.45, 7) is 4.05. The Morgan fingerprint density at radius 2 is 2.03 bits per heavy atom. The Kier molecular flexibility index (Phi) is 6.55. The number of furan rings is 1. The molecule has 9 heteroatoms. The van der Waals surface area contributed by atoms with Crippen LogP contribution >= 0.6 is 11.8 Å². The van der Waals surface area contributed by atoms with Gasteiger partial charge in [0.1, 0.15) is 11.5 Å². The van der Waals surface area contributed by atoms with Gasteiger partial charge in [-0.25, -0.2) is 4.98 Å². The molecule has 4 aromatic rings. The van der Waals surface area contributed by atoms with E-state index < -0.39 is 0 Å². The molecule has 2 N–H and O–H groups in total. The fourth-order valence-electron chi connectivity index (χ4n) is 3.27. The number of H-pyrrole nitrogens is 1. The normalized spacial score (nSPS) is 10.9. The molecule has 0 unspecified atom stereocenters. The average Bonchev–Trinajstić information content (AvgIpc) is 3.44. The maximum absolute atomic E-state index is 13.1. The van der Waals surface area contributed by atoms with Crippen molar-refractivity contribution in [2.24, 2.45) is 0 Å². The highest BCUT2D eigenvalue weighted by Crippen LogP contribution is 2.26. The van der Waals surface area contributed by atoms with Crippen LogP contribution in [0.3, 0.4) is 0 Å². The number of hydrogen-bond acceptors (Lipinski definition) is 6. The highest BCUT2D eigenvalue weighted by Gasteiger charge is 2.19. The molecule has 0 spiro atoms. The van der Waals surface area contributed by atoms with Crippen molar-refractivity contribution in [3.05, 3.63) is 76.4 Å². The molecule has 0 bridgehead atoms. The number of benzene rings is 1. The molecule has 0 fully saturated rings. The number of nitrogens with zero attached hydrogens (tertiary/aromatic N) is 3. The van der Waals surface area contributed by atoms with Crippen LogP contribution in [0.4, 0.5) is 5.82 Å². The third-order valence-electron chi connectivity index (χ3n) is 4.65. The minimum atomic E-state index is -0.282. The van der Waals surface area contributed by atoms with Gasteiger partial charge in [0, 0.05) is 22.7 Å². The first-order chi connectivity index (χ1) is 15.6. The van der Waals surface area contributed by atoms with E-state index in [1.54, 1.807) is 42.3 Å². The molecule has 0 saturated heterocycles. The van der Waals surface area contributed by atoms with Gasteiger partial charge in [0.05, 0.1) is 11.8 Å². The van der Waals surface area contributed by atoms with Crippen molar-refractivity contribution in [3.63, 3.8) is 0 Å². The molecule has 0 aliphatic rings. The van der Waals surface area contributed by atoms with Gasteiger partial charge in [0.25, 0.3) is 11.5 Å². The summed E-state index contributed by atoms with van der Waals surface area (Å²) < 4.78 is 6.89. The standard InChI is InChI=1S/C23H23N5O3S/c1-3-8-15-13-21(29)26-23(24-15)28-20(14-17(27-28)18-10-7-12-31-18)25-22(30)16-9-5-6-11-19(16)32-4-2/h5-7,9-14H,3-4,8H2,1-2H3,(H,25,30)(H,24,26,29). The van der Waals surface area contributed by atoms with Crippen molar-refractivity contribution >= 4 is 23.5 Å². The molecular weight excluding hydrogens is 426 g/mol. The van der Waals surface area contributed by atoms with E-state index in [2.05, 4.69) is 20.4 Å². The number of aryl methyl sites for hydroxylation is 1. The maximum atomic E-state index is 13.1. The number of thioether (sulfide) groups is 1. The SMILES string of the molecule is CCCc1cc(=O)[nH]c(-n2nc(-c3ccco3)cc2NC(=O)c2ccccc2SCC)n1. The van der Waals surface area contributed by atoms with Gasteiger partial charge in [-0.2, -0.15) is 9.78 Å². The number of carbonyl (C=O) groups is 1. The molecule has 4 rings (SSSR count). The first kappa shape index (κ1) is 21.6. The molecule has 0 saturated carbocycles. The van der Waals surface area contributed by atoms with Crippen molar-refractivity contribution in [1.82, 2.24) is 19.7 Å². The number of amides is 1. The highest BCUT2D eigenvalue weighted by atomic mass is 32.2. The summed E-state index contributed by atoms with van der Waals surface area (Å²) >= 11 is 1.60. The van der Waals surface area contributed by atoms with E-state index in [0.29, 0.717) is 35.0 Å². The van der Waals surface area contributed by atoms with Crippen LogP contribution < -0.4 is 10.9 Å². The van der Waals surface area contributed by atoms with Gasteiger partial charge in [-0.1, -0.05) is 32.4 Å². The Morgan fingerprint density at radius 3 is 2.78 bits per heavy atom. The van der Waals surface area contributed by atoms with Gasteiger partial charge in [-0.05, 0) is 36.4 Å². The zero-order valence-electron chi connectivity index (χ0n) is 17.8. The second kappa shape index (κ2) is 9.69. The average molecular weight is 450 g/mol. The zero-order valence-corrected chi connectivity index (χ0v) is 18.6. The van der Waals surface area contributed by atoms with E-state index in [4.69, 9.17) is 4.42 Å². The minimum absolute atomic E-state index is 0.227. The van der Waals surface area contributed by atoms with Crippen LogP contribution in [0.5, 0.6) is 0 Å². The third kappa shape index (κ3) is 4.67. The van der Waals surface area contributed by atoms with E-state index in [-0.39, 0.29) is 17.4 Å². The molecule has 3 heterocycles. The lowest BCUT2D eigenvalue weighted by molar-refractivity contribution is 0.102. The third-order valence-corrected chi connectivity index (χ3v) is 5.60. The topological polar surface area (TPSA) is 106 Å². The number of anilines is 1. The lowest BCUT2D eigenvalue weighted by Gasteiger charge is -2.11. The lowest BCUT2D eigenvalue weighted by Crippen LogP contribution is -2.19. The predicted molar refractivity (Wildman–Crippen MR) is 124 cm³/mol. The van der Waals surface area contributed by atoms with Gasteiger partial charge in [-0.3, -0.25) is 14.6 Å². The molecule has 0 atom stereocenters. The molecule has 0 aliphatic heterocycles. The van der Waals surface area contributed by atoms with Crippen molar-refractivity contribution in [2.75, 3.05) is 11.1 Å². The number of carbonyl (C=O) groups excluding carboxylic acids is 1. The molecule has 0 radical (unpaired) electrons. The molecule has 164 valence electrons. The van der Waals surface area contributed by atoms with E-state index in [0.717, 1.165) is 17.1 Å². The number of aromatic amines is 1. The number of rotatable bonds is 8. The minimum Gasteiger partial charge on any atom is -0.463 e. The summed E-state index contributed by atoms with van der Waals surface area (Å²) in [5.74, 6) is 1.70. The first-order valence-corrected chi connectivity index (χ1v) is 11.3.